The number of carbonyl (C=O) groups is 1. The van der Waals surface area contributed by atoms with Crippen LogP contribution >= 0.6 is 11.3 Å². The first-order valence-electron chi connectivity index (χ1n) is 6.25. The largest absolute Gasteiger partial charge is 0.345 e. The average molecular weight is 311 g/mol. The minimum atomic E-state index is -0.915. The number of nitrogens with one attached hydrogen (secondary N) is 2. The van der Waals surface area contributed by atoms with Crippen molar-refractivity contribution >= 4 is 22.9 Å². The highest BCUT2D eigenvalue weighted by Crippen LogP contribution is 2.24. The van der Waals surface area contributed by atoms with Crippen LogP contribution in [0.1, 0.15) is 33.1 Å². The van der Waals surface area contributed by atoms with Gasteiger partial charge in [0.05, 0.1) is 6.04 Å². The molecule has 4 N–H and O–H groups in total. The van der Waals surface area contributed by atoms with E-state index < -0.39 is 23.2 Å². The predicted molar refractivity (Wildman–Crippen MR) is 79.1 cm³/mol. The molecule has 0 bridgehead atoms. The summed E-state index contributed by atoms with van der Waals surface area (Å²) in [5.41, 5.74) is 1.36. The van der Waals surface area contributed by atoms with Crippen molar-refractivity contribution in [3.63, 3.8) is 0 Å². The third kappa shape index (κ3) is 3.37. The highest BCUT2D eigenvalue weighted by Gasteiger charge is 2.17. The fraction of sp³-hybridized carbons (Fsp3) is 0.214. The van der Waals surface area contributed by atoms with Crippen molar-refractivity contribution in [2.24, 2.45) is 5.84 Å². The summed E-state index contributed by atoms with van der Waals surface area (Å²) in [7, 11) is 0. The van der Waals surface area contributed by atoms with Gasteiger partial charge in [0.25, 0.3) is 5.91 Å². The molecule has 7 heteroatoms. The van der Waals surface area contributed by atoms with E-state index in [0.717, 1.165) is 21.9 Å². The van der Waals surface area contributed by atoms with Crippen LogP contribution in [0.4, 0.5) is 14.5 Å². The molecule has 0 radical (unpaired) electrons. The van der Waals surface area contributed by atoms with Crippen LogP contribution in [0.5, 0.6) is 0 Å². The first kappa shape index (κ1) is 15.4. The summed E-state index contributed by atoms with van der Waals surface area (Å²) in [6, 6.07) is 5.51. The molecule has 112 valence electrons. The zero-order valence-electron chi connectivity index (χ0n) is 11.5. The SMILES string of the molecule is Cc1ccc(C(C)NC(=O)c2cc(F)c(NN)c(F)c2)s1. The molecule has 0 fully saturated rings. The van der Waals surface area contributed by atoms with Crippen molar-refractivity contribution in [3.05, 3.63) is 51.2 Å². The molecule has 0 saturated heterocycles. The second kappa shape index (κ2) is 6.19. The molecule has 0 aliphatic rings. The van der Waals surface area contributed by atoms with Gasteiger partial charge in [-0.3, -0.25) is 10.6 Å². The first-order valence-corrected chi connectivity index (χ1v) is 7.07. The molecule has 1 amide bonds. The van der Waals surface area contributed by atoms with E-state index in [1.807, 2.05) is 31.4 Å². The van der Waals surface area contributed by atoms with E-state index in [1.54, 1.807) is 11.3 Å². The lowest BCUT2D eigenvalue weighted by Gasteiger charge is -2.13. The van der Waals surface area contributed by atoms with Crippen LogP contribution in [0.3, 0.4) is 0 Å². The van der Waals surface area contributed by atoms with Gasteiger partial charge in [-0.25, -0.2) is 8.78 Å². The maximum absolute atomic E-state index is 13.6. The molecule has 1 aromatic carbocycles. The normalized spacial score (nSPS) is 12.0. The standard InChI is InChI=1S/C14H15F2N3OS/c1-7-3-4-12(21-7)8(2)18-14(20)9-5-10(15)13(19-17)11(16)6-9/h3-6,8,19H,17H2,1-2H3,(H,18,20). The summed E-state index contributed by atoms with van der Waals surface area (Å²) >= 11 is 1.56. The molecule has 1 aromatic heterocycles. The lowest BCUT2D eigenvalue weighted by Crippen LogP contribution is -2.26. The number of hydrogen-bond donors (Lipinski definition) is 3. The van der Waals surface area contributed by atoms with Gasteiger partial charge in [-0.05, 0) is 38.1 Å². The summed E-state index contributed by atoms with van der Waals surface area (Å²) < 4.78 is 27.1. The minimum absolute atomic E-state index is 0.0934. The lowest BCUT2D eigenvalue weighted by atomic mass is 10.1. The van der Waals surface area contributed by atoms with Crippen molar-refractivity contribution in [1.82, 2.24) is 5.32 Å². The van der Waals surface area contributed by atoms with Crippen molar-refractivity contribution in [3.8, 4) is 0 Å². The van der Waals surface area contributed by atoms with Gasteiger partial charge in [0.2, 0.25) is 0 Å². The fourth-order valence-electron chi connectivity index (χ4n) is 1.88. The Balaban J connectivity index is 2.17. The monoisotopic (exact) mass is 311 g/mol. The van der Waals surface area contributed by atoms with Crippen LogP contribution in [0.25, 0.3) is 0 Å². The molecule has 1 atom stereocenters. The van der Waals surface area contributed by atoms with Crippen LogP contribution in [-0.4, -0.2) is 5.91 Å². The quantitative estimate of drug-likeness (QED) is 0.600. The molecule has 0 aliphatic carbocycles. The fourth-order valence-corrected chi connectivity index (χ4v) is 2.76. The number of amides is 1. The molecule has 2 rings (SSSR count). The number of hydrogen-bond acceptors (Lipinski definition) is 4. The number of aryl methyl sites for hydroxylation is 1. The predicted octanol–water partition coefficient (Wildman–Crippen LogP) is 3.11. The molecular weight excluding hydrogens is 296 g/mol. The second-order valence-electron chi connectivity index (χ2n) is 4.60. The van der Waals surface area contributed by atoms with Gasteiger partial charge in [0, 0.05) is 15.3 Å². The molecule has 21 heavy (non-hydrogen) atoms. The summed E-state index contributed by atoms with van der Waals surface area (Å²) in [5, 5.41) is 2.70. The highest BCUT2D eigenvalue weighted by atomic mass is 32.1. The number of nitrogens with two attached hydrogens (primary N) is 1. The average Bonchev–Trinajstić information content (AvgIpc) is 2.85. The lowest BCUT2D eigenvalue weighted by molar-refractivity contribution is 0.0939. The number of halogens is 2. The van der Waals surface area contributed by atoms with E-state index in [0.29, 0.717) is 0 Å². The van der Waals surface area contributed by atoms with Crippen molar-refractivity contribution in [1.29, 1.82) is 0 Å². The maximum Gasteiger partial charge on any atom is 0.251 e. The summed E-state index contributed by atoms with van der Waals surface area (Å²) in [4.78, 5) is 14.1. The van der Waals surface area contributed by atoms with E-state index in [2.05, 4.69) is 5.32 Å². The Kier molecular flexibility index (Phi) is 4.54. The van der Waals surface area contributed by atoms with Gasteiger partial charge in [-0.15, -0.1) is 11.3 Å². The van der Waals surface area contributed by atoms with Crippen LogP contribution < -0.4 is 16.6 Å². The van der Waals surface area contributed by atoms with Gasteiger partial charge >= 0.3 is 0 Å². The Morgan fingerprint density at radius 2 is 1.90 bits per heavy atom. The van der Waals surface area contributed by atoms with E-state index >= 15 is 0 Å². The first-order chi connectivity index (χ1) is 9.92. The molecule has 0 saturated carbocycles. The Morgan fingerprint density at radius 1 is 1.29 bits per heavy atom. The summed E-state index contributed by atoms with van der Waals surface area (Å²) in [6.07, 6.45) is 0. The number of anilines is 1. The number of benzene rings is 1. The topological polar surface area (TPSA) is 67.2 Å². The van der Waals surface area contributed by atoms with Gasteiger partial charge in [0.1, 0.15) is 5.69 Å². The third-order valence-corrected chi connectivity index (χ3v) is 4.17. The highest BCUT2D eigenvalue weighted by molar-refractivity contribution is 7.12. The van der Waals surface area contributed by atoms with E-state index in [-0.39, 0.29) is 11.6 Å². The Morgan fingerprint density at radius 3 is 2.38 bits per heavy atom. The number of thiophene rings is 1. The van der Waals surface area contributed by atoms with Crippen LogP contribution in [0.2, 0.25) is 0 Å². The maximum atomic E-state index is 13.6. The summed E-state index contributed by atoms with van der Waals surface area (Å²) in [5.74, 6) is 2.63. The molecule has 4 nitrogen and oxygen atoms in total. The van der Waals surface area contributed by atoms with Crippen LogP contribution in [0, 0.1) is 18.6 Å². The van der Waals surface area contributed by atoms with E-state index in [4.69, 9.17) is 5.84 Å². The Labute approximate surface area is 124 Å². The second-order valence-corrected chi connectivity index (χ2v) is 5.92. The zero-order valence-corrected chi connectivity index (χ0v) is 12.4. The van der Waals surface area contributed by atoms with Gasteiger partial charge in [-0.2, -0.15) is 0 Å². The smallest absolute Gasteiger partial charge is 0.251 e. The van der Waals surface area contributed by atoms with Gasteiger partial charge < -0.3 is 10.7 Å². The number of nitrogen functional groups attached to an aromatic ring is 1. The number of carbonyl (C=O) groups excluding carboxylic acids is 1. The van der Waals surface area contributed by atoms with Crippen molar-refractivity contribution < 1.29 is 13.6 Å². The van der Waals surface area contributed by atoms with E-state index in [1.165, 1.54) is 0 Å². The molecule has 0 aliphatic heterocycles. The third-order valence-electron chi connectivity index (χ3n) is 2.98. The van der Waals surface area contributed by atoms with Crippen molar-refractivity contribution in [2.45, 2.75) is 19.9 Å². The van der Waals surface area contributed by atoms with Crippen LogP contribution in [-0.2, 0) is 0 Å². The Hall–Kier alpha value is -1.99. The molecule has 1 heterocycles. The summed E-state index contributed by atoms with van der Waals surface area (Å²) in [6.45, 7) is 3.78. The molecule has 0 spiro atoms. The number of rotatable bonds is 4. The van der Waals surface area contributed by atoms with Gasteiger partial charge in [0.15, 0.2) is 11.6 Å². The van der Waals surface area contributed by atoms with Gasteiger partial charge in [-0.1, -0.05) is 0 Å². The van der Waals surface area contributed by atoms with E-state index in [9.17, 15) is 13.6 Å². The minimum Gasteiger partial charge on any atom is -0.345 e. The Bertz CT molecular complexity index is 649. The molecule has 2 aromatic rings. The number of hydrazine groups is 1. The van der Waals surface area contributed by atoms with Crippen molar-refractivity contribution in [2.75, 3.05) is 5.43 Å². The van der Waals surface area contributed by atoms with Crippen LogP contribution in [0.15, 0.2) is 24.3 Å². The molecular formula is C14H15F2N3OS. The zero-order chi connectivity index (χ0) is 15.6. The molecule has 1 unspecified atom stereocenters.